The Hall–Kier alpha value is -1.75. The Bertz CT molecular complexity index is 386. The van der Waals surface area contributed by atoms with E-state index in [-0.39, 0.29) is 24.8 Å². The van der Waals surface area contributed by atoms with E-state index in [9.17, 15) is 4.79 Å². The van der Waals surface area contributed by atoms with Crippen LogP contribution in [0.4, 0.5) is 10.5 Å². The number of hydrogen-bond donors (Lipinski definition) is 3. The first-order valence-electron chi connectivity index (χ1n) is 6.50. The summed E-state index contributed by atoms with van der Waals surface area (Å²) < 4.78 is 5.51. The zero-order valence-electron chi connectivity index (χ0n) is 11.6. The average molecular weight is 266 g/mol. The third-order valence-electron chi connectivity index (χ3n) is 2.53. The summed E-state index contributed by atoms with van der Waals surface area (Å²) >= 11 is 0. The smallest absolute Gasteiger partial charge is 0.319 e. The van der Waals surface area contributed by atoms with Crippen LogP contribution in [0.3, 0.4) is 0 Å². The molecule has 1 atom stereocenters. The number of carbonyl (C=O) groups is 1. The molecule has 0 heterocycles. The molecule has 5 heteroatoms. The molecule has 0 saturated heterocycles. The molecule has 19 heavy (non-hydrogen) atoms. The number of hydrogen-bond acceptors (Lipinski definition) is 3. The maximum absolute atomic E-state index is 11.6. The van der Waals surface area contributed by atoms with E-state index in [0.717, 1.165) is 5.75 Å². The first kappa shape index (κ1) is 15.3. The summed E-state index contributed by atoms with van der Waals surface area (Å²) in [5.74, 6) is 0.766. The van der Waals surface area contributed by atoms with Crippen molar-refractivity contribution >= 4 is 11.7 Å². The van der Waals surface area contributed by atoms with Crippen LogP contribution in [0.1, 0.15) is 27.2 Å². The molecule has 0 fully saturated rings. The van der Waals surface area contributed by atoms with Crippen LogP contribution in [0.2, 0.25) is 0 Å². The van der Waals surface area contributed by atoms with E-state index in [2.05, 4.69) is 10.6 Å². The lowest BCUT2D eigenvalue weighted by molar-refractivity contribution is 0.222. The van der Waals surface area contributed by atoms with E-state index in [1.54, 1.807) is 24.3 Å². The molecule has 1 aromatic carbocycles. The van der Waals surface area contributed by atoms with Crippen LogP contribution in [-0.2, 0) is 0 Å². The summed E-state index contributed by atoms with van der Waals surface area (Å²) in [6.45, 7) is 5.75. The van der Waals surface area contributed by atoms with Gasteiger partial charge in [-0.3, -0.25) is 0 Å². The van der Waals surface area contributed by atoms with Crippen LogP contribution < -0.4 is 15.4 Å². The number of benzene rings is 1. The van der Waals surface area contributed by atoms with Gasteiger partial charge in [-0.15, -0.1) is 0 Å². The van der Waals surface area contributed by atoms with Crippen LogP contribution in [0, 0.1) is 0 Å². The van der Waals surface area contributed by atoms with E-state index in [0.29, 0.717) is 12.1 Å². The quantitative estimate of drug-likeness (QED) is 0.740. The van der Waals surface area contributed by atoms with Crippen molar-refractivity contribution in [3.8, 4) is 5.75 Å². The van der Waals surface area contributed by atoms with Gasteiger partial charge < -0.3 is 20.5 Å². The highest BCUT2D eigenvalue weighted by Crippen LogP contribution is 2.16. The van der Waals surface area contributed by atoms with Crippen molar-refractivity contribution in [3.63, 3.8) is 0 Å². The molecule has 0 saturated carbocycles. The van der Waals surface area contributed by atoms with Crippen LogP contribution >= 0.6 is 0 Å². The summed E-state index contributed by atoms with van der Waals surface area (Å²) in [5, 5.41) is 14.4. The van der Waals surface area contributed by atoms with E-state index >= 15 is 0 Å². The molecule has 0 bridgehead atoms. The van der Waals surface area contributed by atoms with Gasteiger partial charge >= 0.3 is 6.03 Å². The SMILES string of the molecule is CCC(CO)NC(=O)Nc1ccc(OC(C)C)cc1. The minimum absolute atomic E-state index is 0.0644. The third-order valence-corrected chi connectivity index (χ3v) is 2.53. The van der Waals surface area contributed by atoms with Gasteiger partial charge in [-0.25, -0.2) is 4.79 Å². The van der Waals surface area contributed by atoms with Crippen molar-refractivity contribution < 1.29 is 14.6 Å². The number of aliphatic hydroxyl groups excluding tert-OH is 1. The normalized spacial score (nSPS) is 12.1. The number of nitrogens with one attached hydrogen (secondary N) is 2. The minimum atomic E-state index is -0.321. The lowest BCUT2D eigenvalue weighted by Gasteiger charge is -2.15. The molecule has 0 aromatic heterocycles. The molecule has 1 rings (SSSR count). The largest absolute Gasteiger partial charge is 0.491 e. The van der Waals surface area contributed by atoms with Crippen LogP contribution in [0.15, 0.2) is 24.3 Å². The van der Waals surface area contributed by atoms with Gasteiger partial charge in [-0.1, -0.05) is 6.92 Å². The Balaban J connectivity index is 2.50. The molecule has 0 aliphatic rings. The highest BCUT2D eigenvalue weighted by Gasteiger charge is 2.08. The third kappa shape index (κ3) is 5.61. The minimum Gasteiger partial charge on any atom is -0.491 e. The van der Waals surface area contributed by atoms with Gasteiger partial charge in [-0.2, -0.15) is 0 Å². The number of rotatable bonds is 6. The molecule has 1 unspecified atom stereocenters. The van der Waals surface area contributed by atoms with Crippen molar-refractivity contribution in [2.75, 3.05) is 11.9 Å². The Kier molecular flexibility index (Phi) is 6.15. The molecular formula is C14H22N2O3. The molecule has 5 nitrogen and oxygen atoms in total. The van der Waals surface area contributed by atoms with Gasteiger partial charge in [0.05, 0.1) is 18.8 Å². The van der Waals surface area contributed by atoms with Crippen LogP contribution in [0.5, 0.6) is 5.75 Å². The second-order valence-electron chi connectivity index (χ2n) is 4.58. The van der Waals surface area contributed by atoms with E-state index < -0.39 is 0 Å². The van der Waals surface area contributed by atoms with Crippen molar-refractivity contribution in [2.24, 2.45) is 0 Å². The Morgan fingerprint density at radius 2 is 1.95 bits per heavy atom. The second kappa shape index (κ2) is 7.63. The summed E-state index contributed by atoms with van der Waals surface area (Å²) in [7, 11) is 0. The molecule has 0 radical (unpaired) electrons. The lowest BCUT2D eigenvalue weighted by Crippen LogP contribution is -2.39. The number of ether oxygens (including phenoxy) is 1. The molecule has 3 N–H and O–H groups in total. The summed E-state index contributed by atoms with van der Waals surface area (Å²) in [4.78, 5) is 11.6. The summed E-state index contributed by atoms with van der Waals surface area (Å²) in [6, 6.07) is 6.62. The maximum Gasteiger partial charge on any atom is 0.319 e. The fraction of sp³-hybridized carbons (Fsp3) is 0.500. The topological polar surface area (TPSA) is 70.6 Å². The highest BCUT2D eigenvalue weighted by atomic mass is 16.5. The van der Waals surface area contributed by atoms with Gasteiger partial charge in [0.1, 0.15) is 5.75 Å². The van der Waals surface area contributed by atoms with Crippen molar-refractivity contribution in [3.05, 3.63) is 24.3 Å². The number of aliphatic hydroxyl groups is 1. The van der Waals surface area contributed by atoms with Crippen molar-refractivity contribution in [1.82, 2.24) is 5.32 Å². The number of urea groups is 1. The maximum atomic E-state index is 11.6. The predicted octanol–water partition coefficient (Wildman–Crippen LogP) is 2.37. The van der Waals surface area contributed by atoms with Crippen molar-refractivity contribution in [1.29, 1.82) is 0 Å². The number of carbonyl (C=O) groups excluding carboxylic acids is 1. The molecule has 0 aliphatic carbocycles. The molecule has 0 aliphatic heterocycles. The first-order valence-corrected chi connectivity index (χ1v) is 6.50. The predicted molar refractivity (Wildman–Crippen MR) is 75.5 cm³/mol. The van der Waals surface area contributed by atoms with E-state index in [1.807, 2.05) is 20.8 Å². The fourth-order valence-corrected chi connectivity index (χ4v) is 1.52. The summed E-state index contributed by atoms with van der Waals surface area (Å²) in [6.07, 6.45) is 0.808. The number of amides is 2. The van der Waals surface area contributed by atoms with Crippen LogP contribution in [0.25, 0.3) is 0 Å². The standard InChI is InChI=1S/C14H22N2O3/c1-4-11(9-17)15-14(18)16-12-5-7-13(8-6-12)19-10(2)3/h5-8,10-11,17H,4,9H2,1-3H3,(H2,15,16,18). The van der Waals surface area contributed by atoms with Gasteiger partial charge in [0, 0.05) is 5.69 Å². The van der Waals surface area contributed by atoms with Gasteiger partial charge in [0.15, 0.2) is 0 Å². The van der Waals surface area contributed by atoms with E-state index in [4.69, 9.17) is 9.84 Å². The molecule has 0 spiro atoms. The lowest BCUT2D eigenvalue weighted by atomic mass is 10.2. The van der Waals surface area contributed by atoms with E-state index in [1.165, 1.54) is 0 Å². The second-order valence-corrected chi connectivity index (χ2v) is 4.58. The van der Waals surface area contributed by atoms with Gasteiger partial charge in [0.25, 0.3) is 0 Å². The Labute approximate surface area is 114 Å². The zero-order chi connectivity index (χ0) is 14.3. The highest BCUT2D eigenvalue weighted by molar-refractivity contribution is 5.89. The molecular weight excluding hydrogens is 244 g/mol. The first-order chi connectivity index (χ1) is 9.05. The van der Waals surface area contributed by atoms with Crippen molar-refractivity contribution in [2.45, 2.75) is 39.3 Å². The summed E-state index contributed by atoms with van der Waals surface area (Å²) in [5.41, 5.74) is 0.682. The molecule has 106 valence electrons. The van der Waals surface area contributed by atoms with Crippen LogP contribution in [-0.4, -0.2) is 29.9 Å². The zero-order valence-corrected chi connectivity index (χ0v) is 11.6. The average Bonchev–Trinajstić information content (AvgIpc) is 2.37. The van der Waals surface area contributed by atoms with Gasteiger partial charge in [0.2, 0.25) is 0 Å². The molecule has 1 aromatic rings. The monoisotopic (exact) mass is 266 g/mol. The number of anilines is 1. The molecule has 2 amide bonds. The van der Waals surface area contributed by atoms with Gasteiger partial charge in [-0.05, 0) is 44.5 Å². The Morgan fingerprint density at radius 1 is 1.32 bits per heavy atom. The fourth-order valence-electron chi connectivity index (χ4n) is 1.52. The Morgan fingerprint density at radius 3 is 2.42 bits per heavy atom.